The SMILES string of the molecule is CC1(C)CCC2(C(=O)OC3OC(COC4OC(CO)C(O)C(O)C4O)C(O)C(O)C3OC3OC(CO)C(O)C(OC4OC(CO)C(O)C(O)C4O)C3O)CCC3(C)C(=CCC4C5(C)CCC(O)C(C)(C(=O)O)C5CCC43C)C2C1. The molecule has 79 heavy (non-hydrogen) atoms. The molecule has 0 bridgehead atoms. The summed E-state index contributed by atoms with van der Waals surface area (Å²) in [7, 11) is 0. The van der Waals surface area contributed by atoms with Gasteiger partial charge in [0, 0.05) is 0 Å². The summed E-state index contributed by atoms with van der Waals surface area (Å²) in [6.07, 6.45) is -30.4. The molecule has 4 aliphatic heterocycles. The van der Waals surface area contributed by atoms with Crippen LogP contribution in [0.3, 0.4) is 0 Å². The molecular formula is C54H86O25. The Hall–Kier alpha value is -2.16. The molecule has 0 amide bonds. The second-order valence-electron chi connectivity index (χ2n) is 26.1. The number of aliphatic hydroxyl groups is 14. The minimum atomic E-state index is -2.13. The number of carbonyl (C=O) groups excluding carboxylic acids is 1. The molecule has 0 aromatic carbocycles. The van der Waals surface area contributed by atoms with Crippen LogP contribution >= 0.6 is 0 Å². The fourth-order valence-electron chi connectivity index (χ4n) is 16.3. The summed E-state index contributed by atoms with van der Waals surface area (Å²) >= 11 is 0. The molecule has 25 heteroatoms. The topological polar surface area (TPSA) is 411 Å². The van der Waals surface area contributed by atoms with Crippen LogP contribution in [-0.2, 0) is 47.5 Å². The zero-order valence-electron chi connectivity index (χ0n) is 45.6. The molecule has 0 aromatic heterocycles. The van der Waals surface area contributed by atoms with Crippen molar-refractivity contribution in [3.63, 3.8) is 0 Å². The molecule has 15 N–H and O–H groups in total. The predicted octanol–water partition coefficient (Wildman–Crippen LogP) is -2.97. The highest BCUT2D eigenvalue weighted by atomic mass is 16.8. The maximum absolute atomic E-state index is 15.7. The van der Waals surface area contributed by atoms with Crippen LogP contribution in [0, 0.1) is 50.2 Å². The largest absolute Gasteiger partial charge is 0.481 e. The summed E-state index contributed by atoms with van der Waals surface area (Å²) in [5.74, 6) is -2.39. The number of carboxylic acids is 1. The Balaban J connectivity index is 1.03. The lowest BCUT2D eigenvalue weighted by atomic mass is 9.33. The van der Waals surface area contributed by atoms with Crippen LogP contribution in [0.1, 0.15) is 106 Å². The van der Waals surface area contributed by atoms with Crippen molar-refractivity contribution in [3.8, 4) is 0 Å². The fraction of sp³-hybridized carbons (Fsp3) is 0.926. The Labute approximate surface area is 457 Å². The third-order valence-electron chi connectivity index (χ3n) is 21.5. The number of aliphatic hydroxyl groups excluding tert-OH is 14. The summed E-state index contributed by atoms with van der Waals surface area (Å²) in [5, 5.41) is 162. The van der Waals surface area contributed by atoms with Crippen molar-refractivity contribution in [1.82, 2.24) is 0 Å². The molecule has 0 radical (unpaired) electrons. The molecule has 0 aromatic rings. The van der Waals surface area contributed by atoms with Gasteiger partial charge < -0.3 is 114 Å². The molecule has 0 spiro atoms. The van der Waals surface area contributed by atoms with Crippen molar-refractivity contribution < 1.29 is 124 Å². The Morgan fingerprint density at radius 2 is 1.09 bits per heavy atom. The number of aliphatic carboxylic acids is 1. The molecule has 29 atom stereocenters. The Morgan fingerprint density at radius 1 is 0.557 bits per heavy atom. The van der Waals surface area contributed by atoms with E-state index in [0.29, 0.717) is 64.2 Å². The Morgan fingerprint density at radius 3 is 1.70 bits per heavy atom. The maximum Gasteiger partial charge on any atom is 0.315 e. The third kappa shape index (κ3) is 9.95. The van der Waals surface area contributed by atoms with Crippen molar-refractivity contribution in [3.05, 3.63) is 11.6 Å². The molecule has 9 rings (SSSR count). The molecule has 9 aliphatic rings. The number of hydrogen-bond donors (Lipinski definition) is 15. The van der Waals surface area contributed by atoms with Gasteiger partial charge in [-0.25, -0.2) is 0 Å². The van der Waals surface area contributed by atoms with E-state index in [0.717, 1.165) is 5.57 Å². The third-order valence-corrected chi connectivity index (χ3v) is 21.5. The number of hydrogen-bond acceptors (Lipinski definition) is 24. The average molecular weight is 1140 g/mol. The van der Waals surface area contributed by atoms with Crippen molar-refractivity contribution in [2.24, 2.45) is 50.2 Å². The zero-order valence-corrected chi connectivity index (χ0v) is 45.6. The first-order chi connectivity index (χ1) is 37.0. The highest BCUT2D eigenvalue weighted by molar-refractivity contribution is 5.79. The number of carbonyl (C=O) groups is 2. The molecule has 25 nitrogen and oxygen atoms in total. The highest BCUT2D eigenvalue weighted by Gasteiger charge is 2.71. The van der Waals surface area contributed by atoms with Gasteiger partial charge in [-0.15, -0.1) is 0 Å². The molecule has 5 aliphatic carbocycles. The lowest BCUT2D eigenvalue weighted by Crippen LogP contribution is -2.67. The normalized spacial score (nSPS) is 53.5. The monoisotopic (exact) mass is 1130 g/mol. The van der Waals surface area contributed by atoms with E-state index in [4.69, 9.17) is 37.9 Å². The maximum atomic E-state index is 15.7. The van der Waals surface area contributed by atoms with Crippen LogP contribution < -0.4 is 0 Å². The summed E-state index contributed by atoms with van der Waals surface area (Å²) in [5.41, 5.74) is -2.96. The summed E-state index contributed by atoms with van der Waals surface area (Å²) < 4.78 is 47.2. The minimum absolute atomic E-state index is 0.0458. The molecule has 452 valence electrons. The van der Waals surface area contributed by atoms with E-state index in [1.54, 1.807) is 6.92 Å². The van der Waals surface area contributed by atoms with E-state index in [1.807, 2.05) is 0 Å². The molecule has 29 unspecified atom stereocenters. The van der Waals surface area contributed by atoms with Gasteiger partial charge in [0.25, 0.3) is 0 Å². The van der Waals surface area contributed by atoms with Gasteiger partial charge in [0.05, 0.1) is 43.4 Å². The Bertz CT molecular complexity index is 2220. The van der Waals surface area contributed by atoms with E-state index >= 15 is 4.79 Å². The second-order valence-corrected chi connectivity index (χ2v) is 26.1. The molecule has 4 saturated heterocycles. The average Bonchev–Trinajstić information content (AvgIpc) is 3.14. The van der Waals surface area contributed by atoms with Gasteiger partial charge in [0.1, 0.15) is 91.6 Å². The van der Waals surface area contributed by atoms with Gasteiger partial charge in [-0.2, -0.15) is 0 Å². The Kier molecular flexibility index (Phi) is 17.4. The van der Waals surface area contributed by atoms with Crippen LogP contribution in [-0.4, -0.2) is 244 Å². The second kappa shape index (κ2) is 22.4. The lowest BCUT2D eigenvalue weighted by molar-refractivity contribution is -0.385. The number of allylic oxidation sites excluding steroid dienone is 2. The molecule has 8 fully saturated rings. The number of esters is 1. The van der Waals surface area contributed by atoms with E-state index in [1.165, 1.54) is 0 Å². The first-order valence-electron chi connectivity index (χ1n) is 28.0. The first-order valence-corrected chi connectivity index (χ1v) is 28.0. The summed E-state index contributed by atoms with van der Waals surface area (Å²) in [4.78, 5) is 28.7. The van der Waals surface area contributed by atoms with Gasteiger partial charge in [-0.1, -0.05) is 46.3 Å². The summed E-state index contributed by atoms with van der Waals surface area (Å²) in [6, 6.07) is 0. The van der Waals surface area contributed by atoms with Crippen molar-refractivity contribution >= 4 is 11.9 Å². The minimum Gasteiger partial charge on any atom is -0.481 e. The zero-order chi connectivity index (χ0) is 57.9. The highest BCUT2D eigenvalue weighted by Crippen LogP contribution is 2.76. The molecule has 4 heterocycles. The van der Waals surface area contributed by atoms with Crippen LogP contribution in [0.5, 0.6) is 0 Å². The van der Waals surface area contributed by atoms with Crippen LogP contribution in [0.15, 0.2) is 11.6 Å². The fourth-order valence-corrected chi connectivity index (χ4v) is 16.3. The van der Waals surface area contributed by atoms with Crippen LogP contribution in [0.25, 0.3) is 0 Å². The van der Waals surface area contributed by atoms with E-state index in [9.17, 15) is 81.4 Å². The van der Waals surface area contributed by atoms with E-state index in [2.05, 4.69) is 40.7 Å². The van der Waals surface area contributed by atoms with Gasteiger partial charge >= 0.3 is 11.9 Å². The van der Waals surface area contributed by atoms with Crippen LogP contribution in [0.4, 0.5) is 0 Å². The molecule has 4 saturated carbocycles. The first kappa shape index (κ1) is 61.4. The van der Waals surface area contributed by atoms with Crippen molar-refractivity contribution in [1.29, 1.82) is 0 Å². The lowest BCUT2D eigenvalue weighted by Gasteiger charge is -2.71. The van der Waals surface area contributed by atoms with Crippen LogP contribution in [0.2, 0.25) is 0 Å². The van der Waals surface area contributed by atoms with Crippen molar-refractivity contribution in [2.45, 2.75) is 235 Å². The van der Waals surface area contributed by atoms with E-state index in [-0.39, 0.29) is 22.7 Å². The summed E-state index contributed by atoms with van der Waals surface area (Å²) in [6.45, 7) is 9.40. The number of fused-ring (bicyclic) bond motifs is 7. The predicted molar refractivity (Wildman–Crippen MR) is 265 cm³/mol. The van der Waals surface area contributed by atoms with Crippen molar-refractivity contribution in [2.75, 3.05) is 26.4 Å². The molecular weight excluding hydrogens is 1050 g/mol. The van der Waals surface area contributed by atoms with Gasteiger partial charge in [-0.3, -0.25) is 9.59 Å². The standard InChI is InChI=1S/C54H86O25/c1-49(2)13-15-54(16-14-51(4)22(23(54)17-49)7-8-28-50(3)11-10-30(58)53(6,47(69)70)29(50)9-12-52(28,51)5)48(71)79-46-42(37(65)33(61)27(76-46)21-72-43-38(66)35(63)31(59)24(18-55)73-43)78-45-40(68)41(34(62)26(20-57)75-45)77-44-39(67)36(64)32(60)25(19-56)74-44/h7,23-46,55-68H,8-21H2,1-6H3,(H,69,70). The number of rotatable bonds is 13. The number of ether oxygens (including phenoxy) is 8. The van der Waals surface area contributed by atoms with Gasteiger partial charge in [-0.05, 0) is 111 Å². The quantitative estimate of drug-likeness (QED) is 0.0647. The number of carboxylic acid groups (broad SMARTS) is 1. The van der Waals surface area contributed by atoms with Gasteiger partial charge in [0.15, 0.2) is 25.0 Å². The van der Waals surface area contributed by atoms with Gasteiger partial charge in [0.2, 0.25) is 6.29 Å². The van der Waals surface area contributed by atoms with E-state index < -0.39 is 195 Å². The smallest absolute Gasteiger partial charge is 0.315 e.